The molecule has 152 valence electrons. The number of hydrogen-bond acceptors (Lipinski definition) is 4. The van der Waals surface area contributed by atoms with E-state index in [2.05, 4.69) is 9.97 Å². The number of sulfonamides is 1. The number of rotatable bonds is 6. The summed E-state index contributed by atoms with van der Waals surface area (Å²) in [6, 6.07) is 20.1. The van der Waals surface area contributed by atoms with Gasteiger partial charge >= 0.3 is 0 Å². The van der Waals surface area contributed by atoms with Gasteiger partial charge in [0.15, 0.2) is 0 Å². The number of nitrogens with two attached hydrogens (primary N) is 1. The first-order chi connectivity index (χ1) is 14.4. The molecule has 0 bridgehead atoms. The molecule has 3 aromatic carbocycles. The molecule has 0 unspecified atom stereocenters. The summed E-state index contributed by atoms with van der Waals surface area (Å²) in [6.45, 7) is 2.57. The zero-order chi connectivity index (χ0) is 21.1. The molecule has 0 aliphatic rings. The molecule has 3 N–H and O–H groups in total. The fraction of sp³-hybridized carbons (Fsp3) is 0.0870. The lowest BCUT2D eigenvalue weighted by Crippen LogP contribution is -2.13. The van der Waals surface area contributed by atoms with Crippen molar-refractivity contribution in [2.45, 2.75) is 11.8 Å². The van der Waals surface area contributed by atoms with Gasteiger partial charge < -0.3 is 9.72 Å². The third-order valence-electron chi connectivity index (χ3n) is 4.61. The monoisotopic (exact) mass is 419 g/mol. The molecule has 0 radical (unpaired) electrons. The Balaban J connectivity index is 1.66. The molecular weight excluding hydrogens is 398 g/mol. The number of fused-ring (bicyclic) bond motifs is 1. The lowest BCUT2D eigenvalue weighted by Gasteiger charge is -2.07. The molecule has 0 spiro atoms. The molecule has 0 saturated carbocycles. The van der Waals surface area contributed by atoms with Crippen LogP contribution in [0.3, 0.4) is 0 Å². The van der Waals surface area contributed by atoms with Crippen molar-refractivity contribution in [2.75, 3.05) is 6.61 Å². The number of nitrogens with zero attached hydrogens (tertiary/aromatic N) is 1. The van der Waals surface area contributed by atoms with E-state index in [-0.39, 0.29) is 4.90 Å². The van der Waals surface area contributed by atoms with Crippen LogP contribution in [-0.2, 0) is 10.0 Å². The van der Waals surface area contributed by atoms with Gasteiger partial charge in [0, 0.05) is 5.56 Å². The molecule has 0 amide bonds. The van der Waals surface area contributed by atoms with Gasteiger partial charge in [0.1, 0.15) is 11.6 Å². The van der Waals surface area contributed by atoms with Crippen LogP contribution >= 0.6 is 0 Å². The maximum Gasteiger partial charge on any atom is 0.238 e. The van der Waals surface area contributed by atoms with Crippen LogP contribution in [0, 0.1) is 0 Å². The summed E-state index contributed by atoms with van der Waals surface area (Å²) in [5, 5.41) is 5.37. The molecule has 4 rings (SSSR count). The van der Waals surface area contributed by atoms with E-state index in [9.17, 15) is 8.42 Å². The fourth-order valence-electron chi connectivity index (χ4n) is 3.28. The van der Waals surface area contributed by atoms with Gasteiger partial charge in [0.25, 0.3) is 0 Å². The average molecular weight is 420 g/mol. The molecule has 0 atom stereocenters. The van der Waals surface area contributed by atoms with Crippen molar-refractivity contribution < 1.29 is 13.2 Å². The predicted molar refractivity (Wildman–Crippen MR) is 119 cm³/mol. The van der Waals surface area contributed by atoms with Crippen LogP contribution in [0.25, 0.3) is 34.3 Å². The summed E-state index contributed by atoms with van der Waals surface area (Å²) in [4.78, 5) is 7.94. The summed E-state index contributed by atoms with van der Waals surface area (Å²) >= 11 is 0. The zero-order valence-electron chi connectivity index (χ0n) is 16.4. The van der Waals surface area contributed by atoms with E-state index in [4.69, 9.17) is 9.88 Å². The summed E-state index contributed by atoms with van der Waals surface area (Å²) in [5.74, 6) is 1.52. The van der Waals surface area contributed by atoms with Crippen molar-refractivity contribution in [1.82, 2.24) is 9.97 Å². The first-order valence-corrected chi connectivity index (χ1v) is 11.0. The predicted octanol–water partition coefficient (Wildman–Crippen LogP) is 4.45. The van der Waals surface area contributed by atoms with Crippen LogP contribution in [0.1, 0.15) is 18.3 Å². The number of aromatic amines is 1. The number of aromatic nitrogens is 2. The minimum Gasteiger partial charge on any atom is -0.494 e. The number of hydrogen-bond donors (Lipinski definition) is 2. The Kier molecular flexibility index (Phi) is 5.39. The maximum absolute atomic E-state index is 11.9. The lowest BCUT2D eigenvalue weighted by molar-refractivity contribution is 0.340. The van der Waals surface area contributed by atoms with E-state index in [1.54, 1.807) is 18.2 Å². The van der Waals surface area contributed by atoms with Gasteiger partial charge in [0.2, 0.25) is 10.0 Å². The molecule has 0 saturated heterocycles. The third kappa shape index (κ3) is 4.27. The van der Waals surface area contributed by atoms with Gasteiger partial charge in [-0.2, -0.15) is 0 Å². The molecule has 0 fully saturated rings. The third-order valence-corrected chi connectivity index (χ3v) is 5.58. The Morgan fingerprint density at radius 3 is 2.67 bits per heavy atom. The number of benzene rings is 3. The lowest BCUT2D eigenvalue weighted by atomic mass is 10.1. The van der Waals surface area contributed by atoms with Gasteiger partial charge in [-0.25, -0.2) is 18.5 Å². The van der Waals surface area contributed by atoms with E-state index < -0.39 is 10.0 Å². The smallest absolute Gasteiger partial charge is 0.238 e. The summed E-state index contributed by atoms with van der Waals surface area (Å²) in [6.07, 6.45) is 3.85. The SMILES string of the molecule is CCOc1cccc(/C=C/c2nc3ccc(-c4ccccc4S(N)(=O)=O)cc3[nH]2)c1. The highest BCUT2D eigenvalue weighted by atomic mass is 32.2. The average Bonchev–Trinajstić information content (AvgIpc) is 3.14. The molecule has 1 aromatic heterocycles. The minimum atomic E-state index is -3.82. The molecule has 1 heterocycles. The van der Waals surface area contributed by atoms with Crippen LogP contribution in [0.15, 0.2) is 71.6 Å². The molecule has 30 heavy (non-hydrogen) atoms. The molecule has 0 aliphatic heterocycles. The van der Waals surface area contributed by atoms with E-state index >= 15 is 0 Å². The van der Waals surface area contributed by atoms with Gasteiger partial charge in [0.05, 0.1) is 22.5 Å². The number of H-pyrrole nitrogens is 1. The zero-order valence-corrected chi connectivity index (χ0v) is 17.2. The van der Waals surface area contributed by atoms with Gasteiger partial charge in [-0.05, 0) is 54.5 Å². The Labute approximate surface area is 175 Å². The number of nitrogens with one attached hydrogen (secondary N) is 1. The van der Waals surface area contributed by atoms with Crippen molar-refractivity contribution in [1.29, 1.82) is 0 Å². The van der Waals surface area contributed by atoms with Crippen LogP contribution < -0.4 is 9.88 Å². The normalized spacial score (nSPS) is 11.9. The van der Waals surface area contributed by atoms with Gasteiger partial charge in [-0.15, -0.1) is 0 Å². The molecular formula is C23H21N3O3S. The van der Waals surface area contributed by atoms with Crippen LogP contribution in [-0.4, -0.2) is 25.0 Å². The Hall–Kier alpha value is -3.42. The van der Waals surface area contributed by atoms with E-state index in [1.165, 1.54) is 6.07 Å². The van der Waals surface area contributed by atoms with Crippen LogP contribution in [0.4, 0.5) is 0 Å². The van der Waals surface area contributed by atoms with Crippen molar-refractivity contribution >= 4 is 33.2 Å². The number of imidazole rings is 1. The highest BCUT2D eigenvalue weighted by molar-refractivity contribution is 7.89. The van der Waals surface area contributed by atoms with Crippen molar-refractivity contribution in [3.05, 3.63) is 78.1 Å². The second-order valence-electron chi connectivity index (χ2n) is 6.73. The number of ether oxygens (including phenoxy) is 1. The van der Waals surface area contributed by atoms with Crippen molar-refractivity contribution in [2.24, 2.45) is 5.14 Å². The molecule has 6 nitrogen and oxygen atoms in total. The van der Waals surface area contributed by atoms with Crippen molar-refractivity contribution in [3.63, 3.8) is 0 Å². The van der Waals surface area contributed by atoms with Gasteiger partial charge in [-0.3, -0.25) is 0 Å². The Bertz CT molecular complexity index is 1340. The highest BCUT2D eigenvalue weighted by Gasteiger charge is 2.15. The summed E-state index contributed by atoms with van der Waals surface area (Å²) in [5.41, 5.74) is 3.90. The number of primary sulfonamides is 1. The quantitative estimate of drug-likeness (QED) is 0.482. The molecule has 7 heteroatoms. The second kappa shape index (κ2) is 8.14. The second-order valence-corrected chi connectivity index (χ2v) is 8.26. The van der Waals surface area contributed by atoms with E-state index in [0.717, 1.165) is 27.9 Å². The van der Waals surface area contributed by atoms with E-state index in [0.29, 0.717) is 18.0 Å². The topological polar surface area (TPSA) is 98.1 Å². The van der Waals surface area contributed by atoms with E-state index in [1.807, 2.05) is 61.5 Å². The molecule has 4 aromatic rings. The van der Waals surface area contributed by atoms with Crippen LogP contribution in [0.5, 0.6) is 5.75 Å². The van der Waals surface area contributed by atoms with Crippen LogP contribution in [0.2, 0.25) is 0 Å². The highest BCUT2D eigenvalue weighted by Crippen LogP contribution is 2.29. The largest absolute Gasteiger partial charge is 0.494 e. The first-order valence-electron chi connectivity index (χ1n) is 9.47. The maximum atomic E-state index is 11.9. The summed E-state index contributed by atoms with van der Waals surface area (Å²) < 4.78 is 29.4. The first kappa shape index (κ1) is 19.9. The minimum absolute atomic E-state index is 0.0955. The van der Waals surface area contributed by atoms with Crippen molar-refractivity contribution in [3.8, 4) is 16.9 Å². The Morgan fingerprint density at radius 2 is 1.87 bits per heavy atom. The summed E-state index contributed by atoms with van der Waals surface area (Å²) in [7, 11) is -3.82. The van der Waals surface area contributed by atoms with Gasteiger partial charge in [-0.1, -0.05) is 42.5 Å². The Morgan fingerprint density at radius 1 is 1.03 bits per heavy atom. The molecule has 0 aliphatic carbocycles. The standard InChI is InChI=1S/C23H21N3O3S/c1-2-29-18-7-5-6-16(14-18)10-13-23-25-20-12-11-17(15-21(20)26-23)19-8-3-4-9-22(19)30(24,27)28/h3-15H,2H2,1H3,(H,25,26)(H2,24,27,28)/b13-10+. The fourth-order valence-corrected chi connectivity index (χ4v) is 4.04.